The van der Waals surface area contributed by atoms with Crippen molar-refractivity contribution in [2.45, 2.75) is 264 Å². The second-order valence-electron chi connectivity index (χ2n) is 28.9. The second kappa shape index (κ2) is 112. The summed E-state index contributed by atoms with van der Waals surface area (Å²) in [6, 6.07) is 0. The molecule has 18 aliphatic heterocycles. The molecule has 0 atom stereocenters. The molecule has 2 aliphatic carbocycles. The van der Waals surface area contributed by atoms with Crippen molar-refractivity contribution in [3.8, 4) is 0 Å². The highest BCUT2D eigenvalue weighted by Gasteiger charge is 2.05. The van der Waals surface area contributed by atoms with Gasteiger partial charge in [0.1, 0.15) is 6.79 Å². The number of nitrogens with one attached hydrogen (secondary N) is 7. The molecule has 674 valence electrons. The monoisotopic (exact) mass is 1780 g/mol. The van der Waals surface area contributed by atoms with Crippen LogP contribution in [0.3, 0.4) is 0 Å². The van der Waals surface area contributed by atoms with Crippen molar-refractivity contribution in [2.24, 2.45) is 0 Å². The molecule has 0 bridgehead atoms. The van der Waals surface area contributed by atoms with Crippen LogP contribution in [0.25, 0.3) is 0 Å². The van der Waals surface area contributed by atoms with Crippen LogP contribution in [0.1, 0.15) is 264 Å². The van der Waals surface area contributed by atoms with E-state index in [4.69, 9.17) is 42.6 Å². The fourth-order valence-corrected chi connectivity index (χ4v) is 22.2. The van der Waals surface area contributed by atoms with Crippen LogP contribution in [-0.4, -0.2) is 280 Å². The van der Waals surface area contributed by atoms with Crippen LogP contribution < -0.4 is 37.4 Å². The molecule has 20 aliphatic rings. The lowest BCUT2D eigenvalue weighted by Gasteiger charge is -2.09. The highest BCUT2D eigenvalue weighted by Crippen LogP contribution is 2.22. The normalized spacial score (nSPS) is 23.8. The van der Waals surface area contributed by atoms with Crippen molar-refractivity contribution in [3.63, 3.8) is 0 Å². The highest BCUT2D eigenvalue weighted by atomic mass is 32.2. The van der Waals surface area contributed by atoms with Crippen molar-refractivity contribution >= 4 is 118 Å². The minimum atomic E-state index is 0. The molecule has 16 nitrogen and oxygen atoms in total. The van der Waals surface area contributed by atoms with Gasteiger partial charge in [-0.15, -0.1) is 11.8 Å². The standard InChI is InChI=1S/C6H12.2C5H11N.2C5H10O.2C5H10S.C5H10.C4H9N.C4H8O2.2C4H8O.3C4H8S2.C4H8S.2C3H8N2.C3H6O2.C3H6OS.CH4/c7*1-2-4-6-5-3-1;2*1-2-4-5-3-1;1-2-6-4-3-5-1;2*1-2-4-5-3-1;1-2-6-4-3-5-1;2*1-2-5-4-6-3-1;1-2-4-5-3-1;1-2-5-3-4-1;1-2-4-5-3-1;2*1-2-5-3-4-1;/h1-6H2;2*6H,1-5H2;4*1-5H2;1-5H2;5H,1-4H2;1-4H2;2*1-4H2;3*1-4H2;1-4H2;2*4-5H,1-3H2;2*1-3H2;1H4. The quantitative estimate of drug-likeness (QED) is 0.122. The third-order valence-corrected chi connectivity index (χ3v) is 30.1. The molecule has 0 aromatic rings. The summed E-state index contributed by atoms with van der Waals surface area (Å²) in [6.45, 7) is 27.2. The zero-order chi connectivity index (χ0) is 78.5. The van der Waals surface area contributed by atoms with Gasteiger partial charge in [0.15, 0.2) is 0 Å². The lowest BCUT2D eigenvalue weighted by Crippen LogP contribution is -2.21. The Morgan fingerprint density at radius 3 is 0.527 bits per heavy atom. The summed E-state index contributed by atoms with van der Waals surface area (Å²) in [5, 5.41) is 18.7. The molecule has 7 N–H and O–H groups in total. The van der Waals surface area contributed by atoms with E-state index in [9.17, 15) is 0 Å². The summed E-state index contributed by atoms with van der Waals surface area (Å²) >= 11 is 20.5. The van der Waals surface area contributed by atoms with Crippen LogP contribution in [0.5, 0.6) is 0 Å². The molecule has 0 aromatic heterocycles. The van der Waals surface area contributed by atoms with Gasteiger partial charge in [-0.3, -0.25) is 10.9 Å². The Kier molecular flexibility index (Phi) is 115. The van der Waals surface area contributed by atoms with E-state index in [1.165, 1.54) is 393 Å². The summed E-state index contributed by atoms with van der Waals surface area (Å²) in [4.78, 5) is 0. The molecule has 18 heterocycles. The summed E-state index contributed by atoms with van der Waals surface area (Å²) < 4.78 is 44.3. The van der Waals surface area contributed by atoms with Gasteiger partial charge in [-0.25, -0.2) is 0 Å². The zero-order valence-electron chi connectivity index (χ0n) is 71.4. The molecule has 26 heteroatoms. The van der Waals surface area contributed by atoms with E-state index < -0.39 is 0 Å². The van der Waals surface area contributed by atoms with Gasteiger partial charge in [-0.1, -0.05) is 104 Å². The first-order valence-corrected chi connectivity index (χ1v) is 57.0. The predicted molar refractivity (Wildman–Crippen MR) is 518 cm³/mol. The Morgan fingerprint density at radius 2 is 0.402 bits per heavy atom. The van der Waals surface area contributed by atoms with E-state index in [0.29, 0.717) is 6.79 Å². The summed E-state index contributed by atoms with van der Waals surface area (Å²) in [5.74, 6) is 21.7. The first kappa shape index (κ1) is 115. The zero-order valence-corrected chi connectivity index (χ0v) is 79.5. The first-order chi connectivity index (χ1) is 55.5. The largest absolute Gasteiger partial charge is 0.381 e. The van der Waals surface area contributed by atoms with E-state index in [0.717, 1.165) is 138 Å². The van der Waals surface area contributed by atoms with Crippen LogP contribution >= 0.6 is 118 Å². The molecule has 0 unspecified atom stereocenters. The maximum absolute atomic E-state index is 5.07. The third-order valence-electron chi connectivity index (χ3n) is 18.4. The SMILES string of the molecule is C.C1CCCC1.C1CCCCC1.C1CCNC1.C1CCNCC1.C1CCNCC1.C1CCOC1.C1CCOC1.C1CCOCC1.C1CCOCC1.C1CCSC1.C1CCSCC1.C1CCSCC1.C1CNCN1.C1CNNC1.C1COCCO1.C1COCO1.C1CSCCS1.C1CSCO1.C1CSCSC1.C1CSCSC1. The Balaban J connectivity index is 0.00000116. The summed E-state index contributed by atoms with van der Waals surface area (Å²) in [6.07, 6.45) is 56.5. The molecule has 0 spiro atoms. The van der Waals surface area contributed by atoms with Gasteiger partial charge in [0.25, 0.3) is 0 Å². The smallest absolute Gasteiger partial charge is 0.146 e. The van der Waals surface area contributed by atoms with Crippen LogP contribution in [0.4, 0.5) is 0 Å². The van der Waals surface area contributed by atoms with Crippen molar-refractivity contribution in [3.05, 3.63) is 0 Å². The van der Waals surface area contributed by atoms with E-state index >= 15 is 0 Å². The fraction of sp³-hybridized carbons (Fsp3) is 1.00. The third kappa shape index (κ3) is 109. The van der Waals surface area contributed by atoms with E-state index in [1.807, 2.05) is 11.8 Å². The van der Waals surface area contributed by atoms with Gasteiger partial charge in [0.2, 0.25) is 0 Å². The molecule has 18 saturated heterocycles. The molecule has 0 radical (unpaired) electrons. The summed E-state index contributed by atoms with van der Waals surface area (Å²) in [5.41, 5.74) is 5.94. The van der Waals surface area contributed by atoms with Crippen LogP contribution in [0.2, 0.25) is 0 Å². The Hall–Kier alpha value is 2.86. The van der Waals surface area contributed by atoms with Crippen LogP contribution in [0, 0.1) is 0 Å². The number of hydrogen-bond acceptors (Lipinski definition) is 26. The molecule has 0 amide bonds. The molecule has 20 fully saturated rings. The fourth-order valence-electron chi connectivity index (χ4n) is 11.7. The first-order valence-electron chi connectivity index (χ1n) is 45.5. The molecular formula is C86H181N7O9S10. The highest BCUT2D eigenvalue weighted by molar-refractivity contribution is 8.16. The van der Waals surface area contributed by atoms with Crippen LogP contribution in [0.15, 0.2) is 0 Å². The molecule has 112 heavy (non-hydrogen) atoms. The molecule has 0 aromatic carbocycles. The number of thioether (sulfide) groups is 10. The van der Waals surface area contributed by atoms with E-state index in [-0.39, 0.29) is 7.43 Å². The van der Waals surface area contributed by atoms with Crippen molar-refractivity contribution in [2.75, 3.05) is 280 Å². The van der Waals surface area contributed by atoms with Gasteiger partial charge in [-0.2, -0.15) is 106 Å². The molecular weight excluding hydrogens is 1600 g/mol. The van der Waals surface area contributed by atoms with E-state index in [1.54, 1.807) is 0 Å². The predicted octanol–water partition coefficient (Wildman–Crippen LogP) is 20.6. The van der Waals surface area contributed by atoms with Gasteiger partial charge < -0.3 is 69.2 Å². The van der Waals surface area contributed by atoms with Gasteiger partial charge in [0, 0.05) is 125 Å². The number of hydrazine groups is 1. The molecule has 20 rings (SSSR count). The molecule has 2 saturated carbocycles. The van der Waals surface area contributed by atoms with Gasteiger partial charge in [0.05, 0.1) is 52.2 Å². The minimum Gasteiger partial charge on any atom is -0.381 e. The summed E-state index contributed by atoms with van der Waals surface area (Å²) in [7, 11) is 0. The van der Waals surface area contributed by atoms with Crippen molar-refractivity contribution in [1.82, 2.24) is 37.4 Å². The number of ether oxygens (including phenoxy) is 9. The Bertz CT molecular complexity index is 991. The van der Waals surface area contributed by atoms with Crippen LogP contribution in [-0.2, 0) is 42.6 Å². The maximum atomic E-state index is 5.07. The Morgan fingerprint density at radius 1 is 0.152 bits per heavy atom. The average molecular weight is 1780 g/mol. The van der Waals surface area contributed by atoms with Gasteiger partial charge in [-0.05, 0) is 257 Å². The van der Waals surface area contributed by atoms with Crippen molar-refractivity contribution < 1.29 is 42.6 Å². The minimum absolute atomic E-state index is 0. The lowest BCUT2D eigenvalue weighted by molar-refractivity contribution is -0.0334. The van der Waals surface area contributed by atoms with Crippen molar-refractivity contribution in [1.29, 1.82) is 0 Å². The van der Waals surface area contributed by atoms with E-state index in [2.05, 4.69) is 143 Å². The lowest BCUT2D eigenvalue weighted by atomic mass is 10.0. The number of piperidine rings is 2. The van der Waals surface area contributed by atoms with Gasteiger partial charge >= 0.3 is 0 Å². The average Bonchev–Trinajstić information content (AvgIpc) is 4.79. The number of hydrogen-bond donors (Lipinski definition) is 7. The Labute approximate surface area is 736 Å². The topological polar surface area (TPSA) is 167 Å². The maximum Gasteiger partial charge on any atom is 0.146 e. The second-order valence-corrected chi connectivity index (χ2v) is 41.2. The number of rotatable bonds is 0.